The van der Waals surface area contributed by atoms with Crippen molar-refractivity contribution in [2.45, 2.75) is 38.3 Å². The minimum absolute atomic E-state index is 0.0158. The van der Waals surface area contributed by atoms with Gasteiger partial charge < -0.3 is 20.7 Å². The summed E-state index contributed by atoms with van der Waals surface area (Å²) in [4.78, 5) is 23.3. The lowest BCUT2D eigenvalue weighted by atomic mass is 10.0. The largest absolute Gasteiger partial charge is 0.376 e. The van der Waals surface area contributed by atoms with E-state index >= 15 is 0 Å². The maximum Gasteiger partial charge on any atom is 0.315 e. The van der Waals surface area contributed by atoms with Crippen molar-refractivity contribution >= 4 is 17.6 Å². The lowest BCUT2D eigenvalue weighted by Crippen LogP contribution is -2.40. The number of fused-ring (bicyclic) bond motifs is 1. The predicted molar refractivity (Wildman–Crippen MR) is 82.7 cm³/mol. The van der Waals surface area contributed by atoms with E-state index in [1.165, 1.54) is 0 Å². The first-order valence-corrected chi connectivity index (χ1v) is 7.70. The van der Waals surface area contributed by atoms with Crippen molar-refractivity contribution in [1.29, 1.82) is 0 Å². The molecule has 3 N–H and O–H groups in total. The highest BCUT2D eigenvalue weighted by Gasteiger charge is 2.20. The van der Waals surface area contributed by atoms with Crippen LogP contribution in [0.15, 0.2) is 18.2 Å². The Hall–Kier alpha value is -2.08. The van der Waals surface area contributed by atoms with Gasteiger partial charge in [0, 0.05) is 18.8 Å². The Kier molecular flexibility index (Phi) is 4.29. The van der Waals surface area contributed by atoms with Crippen molar-refractivity contribution in [2.24, 2.45) is 0 Å². The van der Waals surface area contributed by atoms with Gasteiger partial charge in [0.15, 0.2) is 0 Å². The van der Waals surface area contributed by atoms with E-state index in [0.29, 0.717) is 13.0 Å². The molecule has 0 spiro atoms. The molecule has 0 radical (unpaired) electrons. The Bertz CT molecular complexity index is 582. The number of benzene rings is 1. The molecule has 22 heavy (non-hydrogen) atoms. The van der Waals surface area contributed by atoms with Gasteiger partial charge in [-0.3, -0.25) is 4.79 Å². The Morgan fingerprint density at radius 3 is 3.14 bits per heavy atom. The molecular weight excluding hydrogens is 282 g/mol. The average molecular weight is 303 g/mol. The highest BCUT2D eigenvalue weighted by atomic mass is 16.5. The Morgan fingerprint density at radius 1 is 1.50 bits per heavy atom. The summed E-state index contributed by atoms with van der Waals surface area (Å²) in [6, 6.07) is 5.47. The molecule has 1 saturated heterocycles. The molecule has 0 aromatic heterocycles. The highest BCUT2D eigenvalue weighted by Crippen LogP contribution is 2.26. The molecule has 0 aliphatic carbocycles. The smallest absolute Gasteiger partial charge is 0.315 e. The van der Waals surface area contributed by atoms with Crippen molar-refractivity contribution in [3.05, 3.63) is 29.3 Å². The monoisotopic (exact) mass is 303 g/mol. The van der Waals surface area contributed by atoms with Crippen LogP contribution in [0.25, 0.3) is 0 Å². The fourth-order valence-corrected chi connectivity index (χ4v) is 2.86. The van der Waals surface area contributed by atoms with E-state index in [4.69, 9.17) is 4.74 Å². The van der Waals surface area contributed by atoms with Crippen LogP contribution >= 0.6 is 0 Å². The molecule has 0 saturated carbocycles. The molecule has 6 heteroatoms. The summed E-state index contributed by atoms with van der Waals surface area (Å²) in [5.41, 5.74) is 2.84. The van der Waals surface area contributed by atoms with Gasteiger partial charge in [0.1, 0.15) is 0 Å². The first-order valence-electron chi connectivity index (χ1n) is 7.70. The maximum absolute atomic E-state index is 11.9. The van der Waals surface area contributed by atoms with Gasteiger partial charge in [-0.25, -0.2) is 4.79 Å². The SMILES string of the molecule is C[C@@H](NC(=O)NC[C@H]1CCCO1)c1ccc2c(c1)CC(=O)N2. The molecule has 2 heterocycles. The summed E-state index contributed by atoms with van der Waals surface area (Å²) in [7, 11) is 0. The van der Waals surface area contributed by atoms with Crippen molar-refractivity contribution in [3.63, 3.8) is 0 Å². The molecule has 3 rings (SSSR count). The quantitative estimate of drug-likeness (QED) is 0.792. The number of anilines is 1. The van der Waals surface area contributed by atoms with E-state index < -0.39 is 0 Å². The van der Waals surface area contributed by atoms with Gasteiger partial charge in [-0.15, -0.1) is 0 Å². The molecule has 0 unspecified atom stereocenters. The van der Waals surface area contributed by atoms with Gasteiger partial charge >= 0.3 is 6.03 Å². The fraction of sp³-hybridized carbons (Fsp3) is 0.500. The van der Waals surface area contributed by atoms with Crippen LogP contribution in [0.5, 0.6) is 0 Å². The summed E-state index contributed by atoms with van der Waals surface area (Å²) in [6.07, 6.45) is 2.60. The minimum atomic E-state index is -0.197. The van der Waals surface area contributed by atoms with E-state index in [2.05, 4.69) is 16.0 Å². The number of carbonyl (C=O) groups is 2. The topological polar surface area (TPSA) is 79.5 Å². The van der Waals surface area contributed by atoms with Crippen LogP contribution in [0, 0.1) is 0 Å². The zero-order valence-corrected chi connectivity index (χ0v) is 12.6. The van der Waals surface area contributed by atoms with Crippen LogP contribution in [0.1, 0.15) is 36.9 Å². The first-order chi connectivity index (χ1) is 10.6. The highest BCUT2D eigenvalue weighted by molar-refractivity contribution is 5.99. The van der Waals surface area contributed by atoms with Gasteiger partial charge in [0.2, 0.25) is 5.91 Å². The van der Waals surface area contributed by atoms with Crippen LogP contribution < -0.4 is 16.0 Å². The maximum atomic E-state index is 11.9. The molecular formula is C16H21N3O3. The number of carbonyl (C=O) groups excluding carboxylic acids is 2. The molecule has 2 atom stereocenters. The lowest BCUT2D eigenvalue weighted by molar-refractivity contribution is -0.115. The number of amides is 3. The molecule has 6 nitrogen and oxygen atoms in total. The molecule has 2 aliphatic rings. The number of nitrogens with one attached hydrogen (secondary N) is 3. The van der Waals surface area contributed by atoms with Crippen LogP contribution in [0.2, 0.25) is 0 Å². The summed E-state index contributed by atoms with van der Waals surface area (Å²) < 4.78 is 5.47. The lowest BCUT2D eigenvalue weighted by Gasteiger charge is -2.17. The molecule has 1 aromatic rings. The second-order valence-corrected chi connectivity index (χ2v) is 5.85. The zero-order valence-electron chi connectivity index (χ0n) is 12.6. The number of hydrogen-bond acceptors (Lipinski definition) is 3. The number of ether oxygens (including phenoxy) is 1. The Balaban J connectivity index is 1.53. The van der Waals surface area contributed by atoms with E-state index in [0.717, 1.165) is 36.3 Å². The second kappa shape index (κ2) is 6.36. The Labute approximate surface area is 129 Å². The van der Waals surface area contributed by atoms with Crippen LogP contribution in [0.4, 0.5) is 10.5 Å². The molecule has 118 valence electrons. The summed E-state index contributed by atoms with van der Waals surface area (Å²) in [5.74, 6) is 0.0158. The van der Waals surface area contributed by atoms with Gasteiger partial charge in [0.05, 0.1) is 18.6 Å². The van der Waals surface area contributed by atoms with Gasteiger partial charge in [-0.05, 0) is 37.0 Å². The third-order valence-corrected chi connectivity index (χ3v) is 4.12. The van der Waals surface area contributed by atoms with Crippen molar-refractivity contribution in [3.8, 4) is 0 Å². The summed E-state index contributed by atoms with van der Waals surface area (Å²) >= 11 is 0. The molecule has 1 aromatic carbocycles. The van der Waals surface area contributed by atoms with Crippen LogP contribution in [-0.2, 0) is 16.0 Å². The summed E-state index contributed by atoms with van der Waals surface area (Å²) in [5, 5.41) is 8.56. The third kappa shape index (κ3) is 3.39. The van der Waals surface area contributed by atoms with Crippen molar-refractivity contribution in [2.75, 3.05) is 18.5 Å². The second-order valence-electron chi connectivity index (χ2n) is 5.85. The third-order valence-electron chi connectivity index (χ3n) is 4.12. The Morgan fingerprint density at radius 2 is 2.36 bits per heavy atom. The molecule has 3 amide bonds. The molecule has 1 fully saturated rings. The van der Waals surface area contributed by atoms with Crippen LogP contribution in [-0.4, -0.2) is 31.2 Å². The van der Waals surface area contributed by atoms with Crippen molar-refractivity contribution < 1.29 is 14.3 Å². The average Bonchev–Trinajstić information content (AvgIpc) is 3.12. The first kappa shape index (κ1) is 14.8. The minimum Gasteiger partial charge on any atom is -0.376 e. The zero-order chi connectivity index (χ0) is 15.5. The van der Waals surface area contributed by atoms with Crippen molar-refractivity contribution in [1.82, 2.24) is 10.6 Å². The molecule has 0 bridgehead atoms. The summed E-state index contributed by atoms with van der Waals surface area (Å²) in [6.45, 7) is 3.25. The number of rotatable bonds is 4. The van der Waals surface area contributed by atoms with E-state index in [1.54, 1.807) is 0 Å². The van der Waals surface area contributed by atoms with E-state index in [1.807, 2.05) is 25.1 Å². The van der Waals surface area contributed by atoms with Gasteiger partial charge in [-0.1, -0.05) is 12.1 Å². The van der Waals surface area contributed by atoms with Gasteiger partial charge in [-0.2, -0.15) is 0 Å². The standard InChI is InChI=1S/C16H21N3O3/c1-10(18-16(21)17-9-13-3-2-6-22-13)11-4-5-14-12(7-11)8-15(20)19-14/h4-5,7,10,13H,2-3,6,8-9H2,1H3,(H,19,20)(H2,17,18,21)/t10-,13-/m1/s1. The van der Waals surface area contributed by atoms with Crippen LogP contribution in [0.3, 0.4) is 0 Å². The number of urea groups is 1. The van der Waals surface area contributed by atoms with E-state index in [-0.39, 0.29) is 24.1 Å². The van der Waals surface area contributed by atoms with E-state index in [9.17, 15) is 9.59 Å². The predicted octanol–water partition coefficient (Wildman–Crippen LogP) is 1.72. The molecule has 2 aliphatic heterocycles. The number of hydrogen-bond donors (Lipinski definition) is 3. The fourth-order valence-electron chi connectivity index (χ4n) is 2.86. The normalized spacial score (nSPS) is 21.1. The van der Waals surface area contributed by atoms with Gasteiger partial charge in [0.25, 0.3) is 0 Å².